The molecule has 6 heteroatoms. The second-order valence-corrected chi connectivity index (χ2v) is 5.55. The maximum Gasteiger partial charge on any atom is 0.219 e. The Morgan fingerprint density at radius 1 is 1.38 bits per heavy atom. The summed E-state index contributed by atoms with van der Waals surface area (Å²) < 4.78 is 7.57. The number of nitrogens with zero attached hydrogens (tertiary/aromatic N) is 3. The van der Waals surface area contributed by atoms with E-state index in [1.54, 1.807) is 12.4 Å². The summed E-state index contributed by atoms with van der Waals surface area (Å²) in [6, 6.07) is 2.16. The Kier molecular flexibility index (Phi) is 5.59. The van der Waals surface area contributed by atoms with E-state index in [-0.39, 0.29) is 0 Å². The van der Waals surface area contributed by atoms with Gasteiger partial charge in [0.2, 0.25) is 5.88 Å². The summed E-state index contributed by atoms with van der Waals surface area (Å²) in [7, 11) is 0. The van der Waals surface area contributed by atoms with E-state index in [1.807, 2.05) is 16.9 Å². The van der Waals surface area contributed by atoms with Crippen LogP contribution in [0.25, 0.3) is 0 Å². The molecule has 21 heavy (non-hydrogen) atoms. The predicted molar refractivity (Wildman–Crippen MR) is 83.9 cm³/mol. The van der Waals surface area contributed by atoms with Gasteiger partial charge in [0.1, 0.15) is 0 Å². The van der Waals surface area contributed by atoms with Gasteiger partial charge < -0.3 is 10.1 Å². The van der Waals surface area contributed by atoms with Crippen molar-refractivity contribution in [1.82, 2.24) is 20.1 Å². The Bertz CT molecular complexity index is 583. The lowest BCUT2D eigenvalue weighted by Gasteiger charge is -2.08. The first-order valence-electron chi connectivity index (χ1n) is 7.17. The van der Waals surface area contributed by atoms with Gasteiger partial charge in [0, 0.05) is 24.8 Å². The Morgan fingerprint density at radius 2 is 2.19 bits per heavy atom. The molecule has 0 atom stereocenters. The molecule has 2 rings (SSSR count). The first kappa shape index (κ1) is 15.8. The van der Waals surface area contributed by atoms with E-state index in [0.29, 0.717) is 29.2 Å². The van der Waals surface area contributed by atoms with Crippen molar-refractivity contribution in [3.63, 3.8) is 0 Å². The molecule has 0 aliphatic rings. The Hall–Kier alpha value is -1.59. The molecule has 2 aromatic heterocycles. The average molecular weight is 309 g/mol. The number of aromatic nitrogens is 3. The molecule has 2 heterocycles. The Labute approximate surface area is 130 Å². The van der Waals surface area contributed by atoms with Crippen LogP contribution >= 0.6 is 11.6 Å². The van der Waals surface area contributed by atoms with Gasteiger partial charge in [-0.2, -0.15) is 5.10 Å². The molecule has 5 nitrogen and oxygen atoms in total. The van der Waals surface area contributed by atoms with Crippen LogP contribution in [-0.2, 0) is 6.54 Å². The van der Waals surface area contributed by atoms with E-state index >= 15 is 0 Å². The topological polar surface area (TPSA) is 52.0 Å². The fourth-order valence-corrected chi connectivity index (χ4v) is 2.00. The quantitative estimate of drug-likeness (QED) is 0.790. The van der Waals surface area contributed by atoms with Crippen LogP contribution in [0.4, 0.5) is 0 Å². The summed E-state index contributed by atoms with van der Waals surface area (Å²) in [5, 5.41) is 8.20. The number of ether oxygens (including phenoxy) is 1. The highest BCUT2D eigenvalue weighted by Crippen LogP contribution is 2.24. The molecule has 114 valence electrons. The molecule has 0 spiro atoms. The van der Waals surface area contributed by atoms with Crippen LogP contribution in [0.1, 0.15) is 38.8 Å². The molecule has 2 aromatic rings. The number of halogens is 1. The summed E-state index contributed by atoms with van der Waals surface area (Å²) in [6.07, 6.45) is 6.24. The molecular weight excluding hydrogens is 288 g/mol. The van der Waals surface area contributed by atoms with Crippen molar-refractivity contribution >= 4 is 11.6 Å². The second-order valence-electron chi connectivity index (χ2n) is 5.14. The van der Waals surface area contributed by atoms with Crippen molar-refractivity contribution in [2.45, 2.75) is 39.8 Å². The molecule has 0 radical (unpaired) electrons. The maximum absolute atomic E-state index is 6.15. The third-order valence-electron chi connectivity index (χ3n) is 2.98. The number of pyridine rings is 1. The van der Waals surface area contributed by atoms with Crippen LogP contribution in [-0.4, -0.2) is 21.3 Å². The first-order valence-corrected chi connectivity index (χ1v) is 7.55. The standard InChI is InChI=1S/C15H21ClN4O/c1-4-5-17-7-12-6-15(18-9-14(12)16)21-13-8-19-20(10-13)11(2)3/h6,8-11,17H,4-5,7H2,1-3H3. The lowest BCUT2D eigenvalue weighted by Crippen LogP contribution is -2.14. The molecular formula is C15H21ClN4O. The molecule has 0 aliphatic heterocycles. The van der Waals surface area contributed by atoms with Crippen LogP contribution in [0.5, 0.6) is 11.6 Å². The van der Waals surface area contributed by atoms with Crippen molar-refractivity contribution in [3.05, 3.63) is 35.2 Å². The normalized spacial score (nSPS) is 11.1. The van der Waals surface area contributed by atoms with Crippen LogP contribution in [0.2, 0.25) is 5.02 Å². The van der Waals surface area contributed by atoms with Crippen LogP contribution in [0.15, 0.2) is 24.7 Å². The number of rotatable bonds is 7. The molecule has 0 amide bonds. The molecule has 0 unspecified atom stereocenters. The molecule has 0 aromatic carbocycles. The zero-order chi connectivity index (χ0) is 15.2. The van der Waals surface area contributed by atoms with Gasteiger partial charge in [0.25, 0.3) is 0 Å². The molecule has 0 saturated heterocycles. The smallest absolute Gasteiger partial charge is 0.219 e. The van der Waals surface area contributed by atoms with Gasteiger partial charge in [-0.1, -0.05) is 18.5 Å². The van der Waals surface area contributed by atoms with E-state index in [2.05, 4.69) is 36.2 Å². The molecule has 0 saturated carbocycles. The van der Waals surface area contributed by atoms with Gasteiger partial charge in [0.15, 0.2) is 5.75 Å². The van der Waals surface area contributed by atoms with Crippen LogP contribution < -0.4 is 10.1 Å². The zero-order valence-corrected chi connectivity index (χ0v) is 13.4. The van der Waals surface area contributed by atoms with Gasteiger partial charge in [-0.3, -0.25) is 4.68 Å². The maximum atomic E-state index is 6.15. The lowest BCUT2D eigenvalue weighted by molar-refractivity contribution is 0.458. The highest BCUT2D eigenvalue weighted by Gasteiger charge is 2.07. The number of hydrogen-bond donors (Lipinski definition) is 1. The van der Waals surface area contributed by atoms with Crippen molar-refractivity contribution in [2.75, 3.05) is 6.54 Å². The third kappa shape index (κ3) is 4.44. The highest BCUT2D eigenvalue weighted by molar-refractivity contribution is 6.31. The molecule has 0 aliphatic carbocycles. The van der Waals surface area contributed by atoms with Crippen molar-refractivity contribution in [1.29, 1.82) is 0 Å². The van der Waals surface area contributed by atoms with E-state index in [0.717, 1.165) is 18.5 Å². The minimum Gasteiger partial charge on any atom is -0.436 e. The summed E-state index contributed by atoms with van der Waals surface area (Å²) in [5.41, 5.74) is 0.978. The van der Waals surface area contributed by atoms with E-state index in [4.69, 9.17) is 16.3 Å². The SMILES string of the molecule is CCCNCc1cc(Oc2cnn(C(C)C)c2)ncc1Cl. The van der Waals surface area contributed by atoms with Crippen molar-refractivity contribution in [3.8, 4) is 11.6 Å². The predicted octanol–water partition coefficient (Wildman–Crippen LogP) is 3.80. The molecule has 0 fully saturated rings. The number of nitrogens with one attached hydrogen (secondary N) is 1. The van der Waals surface area contributed by atoms with E-state index < -0.39 is 0 Å². The van der Waals surface area contributed by atoms with Gasteiger partial charge in [-0.05, 0) is 32.4 Å². The number of hydrogen-bond acceptors (Lipinski definition) is 4. The van der Waals surface area contributed by atoms with E-state index in [9.17, 15) is 0 Å². The lowest BCUT2D eigenvalue weighted by atomic mass is 10.2. The summed E-state index contributed by atoms with van der Waals surface area (Å²) >= 11 is 6.15. The minimum absolute atomic E-state index is 0.300. The van der Waals surface area contributed by atoms with Gasteiger partial charge in [-0.15, -0.1) is 0 Å². The largest absolute Gasteiger partial charge is 0.436 e. The monoisotopic (exact) mass is 308 g/mol. The second kappa shape index (κ2) is 7.43. The fourth-order valence-electron chi connectivity index (χ4n) is 1.83. The first-order chi connectivity index (χ1) is 10.1. The van der Waals surface area contributed by atoms with Gasteiger partial charge in [0.05, 0.1) is 17.4 Å². The zero-order valence-electron chi connectivity index (χ0n) is 12.6. The summed E-state index contributed by atoms with van der Waals surface area (Å²) in [4.78, 5) is 4.20. The highest BCUT2D eigenvalue weighted by atomic mass is 35.5. The van der Waals surface area contributed by atoms with Gasteiger partial charge in [-0.25, -0.2) is 4.98 Å². The molecule has 0 bridgehead atoms. The Morgan fingerprint density at radius 3 is 2.86 bits per heavy atom. The summed E-state index contributed by atoms with van der Waals surface area (Å²) in [5.74, 6) is 1.20. The van der Waals surface area contributed by atoms with Crippen LogP contribution in [0, 0.1) is 0 Å². The third-order valence-corrected chi connectivity index (χ3v) is 3.32. The van der Waals surface area contributed by atoms with E-state index in [1.165, 1.54) is 0 Å². The minimum atomic E-state index is 0.300. The molecule has 1 N–H and O–H groups in total. The van der Waals surface area contributed by atoms with Gasteiger partial charge >= 0.3 is 0 Å². The van der Waals surface area contributed by atoms with Crippen LogP contribution in [0.3, 0.4) is 0 Å². The fraction of sp³-hybridized carbons (Fsp3) is 0.467. The summed E-state index contributed by atoms with van der Waals surface area (Å²) in [6.45, 7) is 7.92. The van der Waals surface area contributed by atoms with Crippen molar-refractivity contribution in [2.24, 2.45) is 0 Å². The van der Waals surface area contributed by atoms with Crippen molar-refractivity contribution < 1.29 is 4.74 Å². The average Bonchev–Trinajstić information content (AvgIpc) is 2.91. The Balaban J connectivity index is 2.07.